The van der Waals surface area contributed by atoms with Crippen LogP contribution in [0.25, 0.3) is 11.3 Å². The summed E-state index contributed by atoms with van der Waals surface area (Å²) in [5.41, 5.74) is 2.01. The molecule has 1 aromatic carbocycles. The number of methoxy groups -OCH3 is 1. The number of ether oxygens (including phenoxy) is 1. The van der Waals surface area contributed by atoms with Gasteiger partial charge in [-0.3, -0.25) is 0 Å². The number of hydrogen-bond donors (Lipinski definition) is 0. The molecule has 1 aromatic heterocycles. The summed E-state index contributed by atoms with van der Waals surface area (Å²) >= 11 is 7.28. The fourth-order valence-electron chi connectivity index (χ4n) is 1.29. The van der Waals surface area contributed by atoms with E-state index in [9.17, 15) is 0 Å². The van der Waals surface area contributed by atoms with Crippen LogP contribution in [0.15, 0.2) is 29.6 Å². The van der Waals surface area contributed by atoms with Gasteiger partial charge in [0.05, 0.1) is 18.7 Å². The number of rotatable bonds is 3. The van der Waals surface area contributed by atoms with Crippen LogP contribution in [0.3, 0.4) is 0 Å². The third kappa shape index (κ3) is 2.30. The molecular weight excluding hydrogens is 230 g/mol. The van der Waals surface area contributed by atoms with Crippen LogP contribution in [0.4, 0.5) is 0 Å². The van der Waals surface area contributed by atoms with Crippen LogP contribution in [0.5, 0.6) is 5.75 Å². The summed E-state index contributed by atoms with van der Waals surface area (Å²) in [6.07, 6.45) is 0. The van der Waals surface area contributed by atoms with Crippen molar-refractivity contribution in [1.29, 1.82) is 0 Å². The second-order valence-corrected chi connectivity index (χ2v) is 4.20. The van der Waals surface area contributed by atoms with Crippen molar-refractivity contribution in [2.45, 2.75) is 5.88 Å². The fraction of sp³-hybridized carbons (Fsp3) is 0.182. The average Bonchev–Trinajstić information content (AvgIpc) is 2.78. The van der Waals surface area contributed by atoms with Crippen LogP contribution < -0.4 is 4.74 Å². The van der Waals surface area contributed by atoms with Crippen molar-refractivity contribution in [3.8, 4) is 17.0 Å². The van der Waals surface area contributed by atoms with E-state index in [1.165, 1.54) is 0 Å². The van der Waals surface area contributed by atoms with Crippen LogP contribution in [-0.2, 0) is 5.88 Å². The molecule has 0 aliphatic heterocycles. The van der Waals surface area contributed by atoms with Gasteiger partial charge in [-0.1, -0.05) is 12.1 Å². The van der Waals surface area contributed by atoms with Crippen LogP contribution >= 0.6 is 22.9 Å². The van der Waals surface area contributed by atoms with Gasteiger partial charge in [-0.2, -0.15) is 0 Å². The van der Waals surface area contributed by atoms with E-state index in [4.69, 9.17) is 16.3 Å². The summed E-state index contributed by atoms with van der Waals surface area (Å²) in [7, 11) is 1.66. The van der Waals surface area contributed by atoms with Gasteiger partial charge < -0.3 is 4.74 Å². The van der Waals surface area contributed by atoms with E-state index in [0.29, 0.717) is 5.88 Å². The minimum Gasteiger partial charge on any atom is -0.497 e. The number of halogens is 1. The Balaban J connectivity index is 2.35. The molecule has 1 heterocycles. The van der Waals surface area contributed by atoms with Crippen molar-refractivity contribution in [3.63, 3.8) is 0 Å². The zero-order valence-electron chi connectivity index (χ0n) is 8.24. The normalized spacial score (nSPS) is 10.3. The lowest BCUT2D eigenvalue weighted by Gasteiger charge is -2.01. The van der Waals surface area contributed by atoms with Gasteiger partial charge in [0, 0.05) is 10.9 Å². The Kier molecular flexibility index (Phi) is 3.23. The largest absolute Gasteiger partial charge is 0.497 e. The Hall–Kier alpha value is -1.06. The first-order valence-electron chi connectivity index (χ1n) is 4.48. The molecule has 4 heteroatoms. The lowest BCUT2D eigenvalue weighted by molar-refractivity contribution is 0.415. The minimum absolute atomic E-state index is 0.467. The third-order valence-electron chi connectivity index (χ3n) is 2.03. The van der Waals surface area contributed by atoms with Gasteiger partial charge in [0.15, 0.2) is 0 Å². The van der Waals surface area contributed by atoms with Gasteiger partial charge in [0.25, 0.3) is 0 Å². The summed E-state index contributed by atoms with van der Waals surface area (Å²) in [5.74, 6) is 1.31. The van der Waals surface area contributed by atoms with Crippen molar-refractivity contribution in [1.82, 2.24) is 4.98 Å². The average molecular weight is 240 g/mol. The summed E-state index contributed by atoms with van der Waals surface area (Å²) < 4.78 is 5.16. The number of aromatic nitrogens is 1. The molecule has 2 aromatic rings. The molecule has 0 atom stereocenters. The summed E-state index contributed by atoms with van der Waals surface area (Å²) in [4.78, 5) is 4.41. The molecule has 0 aliphatic rings. The molecule has 0 saturated heterocycles. The standard InChI is InChI=1S/C11H10ClNOS/c1-14-9-4-2-3-8(5-9)10-7-15-11(6-12)13-10/h2-5,7H,6H2,1H3. The molecule has 2 rings (SSSR count). The van der Waals surface area contributed by atoms with E-state index in [1.807, 2.05) is 29.6 Å². The maximum Gasteiger partial charge on any atom is 0.119 e. The molecule has 0 fully saturated rings. The van der Waals surface area contributed by atoms with E-state index in [2.05, 4.69) is 4.98 Å². The highest BCUT2D eigenvalue weighted by Gasteiger charge is 2.04. The van der Waals surface area contributed by atoms with Crippen molar-refractivity contribution in [2.75, 3.05) is 7.11 Å². The smallest absolute Gasteiger partial charge is 0.119 e. The highest BCUT2D eigenvalue weighted by molar-refractivity contribution is 7.10. The molecule has 0 unspecified atom stereocenters. The Morgan fingerprint density at radius 3 is 3.00 bits per heavy atom. The molecule has 0 saturated carbocycles. The topological polar surface area (TPSA) is 22.1 Å². The van der Waals surface area contributed by atoms with Gasteiger partial charge in [-0.05, 0) is 12.1 Å². The monoisotopic (exact) mass is 239 g/mol. The highest BCUT2D eigenvalue weighted by atomic mass is 35.5. The Bertz CT molecular complexity index is 455. The van der Waals surface area contributed by atoms with E-state index in [1.54, 1.807) is 18.4 Å². The van der Waals surface area contributed by atoms with Gasteiger partial charge in [0.2, 0.25) is 0 Å². The van der Waals surface area contributed by atoms with Crippen LogP contribution in [-0.4, -0.2) is 12.1 Å². The van der Waals surface area contributed by atoms with Gasteiger partial charge >= 0.3 is 0 Å². The second-order valence-electron chi connectivity index (χ2n) is 2.99. The molecule has 0 spiro atoms. The molecule has 0 N–H and O–H groups in total. The number of benzene rings is 1. The van der Waals surface area contributed by atoms with Crippen LogP contribution in [0, 0.1) is 0 Å². The van der Waals surface area contributed by atoms with E-state index >= 15 is 0 Å². The number of hydrogen-bond acceptors (Lipinski definition) is 3. The maximum absolute atomic E-state index is 5.71. The number of nitrogens with zero attached hydrogens (tertiary/aromatic N) is 1. The highest BCUT2D eigenvalue weighted by Crippen LogP contribution is 2.25. The molecule has 0 aliphatic carbocycles. The molecular formula is C11H10ClNOS. The van der Waals surface area contributed by atoms with Crippen molar-refractivity contribution >= 4 is 22.9 Å². The second kappa shape index (κ2) is 4.64. The summed E-state index contributed by atoms with van der Waals surface area (Å²) in [5, 5.41) is 2.95. The fourth-order valence-corrected chi connectivity index (χ4v) is 2.19. The van der Waals surface area contributed by atoms with Gasteiger partial charge in [0.1, 0.15) is 10.8 Å². The SMILES string of the molecule is COc1cccc(-c2csc(CCl)n2)c1. The Morgan fingerprint density at radius 2 is 2.33 bits per heavy atom. The van der Waals surface area contributed by atoms with Crippen LogP contribution in [0.1, 0.15) is 5.01 Å². The van der Waals surface area contributed by atoms with Gasteiger partial charge in [-0.25, -0.2) is 4.98 Å². The first-order valence-corrected chi connectivity index (χ1v) is 5.89. The molecule has 0 bridgehead atoms. The van der Waals surface area contributed by atoms with Crippen molar-refractivity contribution in [2.24, 2.45) is 0 Å². The first-order chi connectivity index (χ1) is 7.33. The van der Waals surface area contributed by atoms with Gasteiger partial charge in [-0.15, -0.1) is 22.9 Å². The summed E-state index contributed by atoms with van der Waals surface area (Å²) in [6.45, 7) is 0. The Morgan fingerprint density at radius 1 is 1.47 bits per heavy atom. The predicted octanol–water partition coefficient (Wildman–Crippen LogP) is 3.56. The van der Waals surface area contributed by atoms with E-state index in [-0.39, 0.29) is 0 Å². The number of alkyl halides is 1. The number of thiazole rings is 1. The molecule has 78 valence electrons. The molecule has 2 nitrogen and oxygen atoms in total. The molecule has 0 radical (unpaired) electrons. The lowest BCUT2D eigenvalue weighted by Crippen LogP contribution is -1.84. The Labute approximate surface area is 97.5 Å². The van der Waals surface area contributed by atoms with Crippen molar-refractivity contribution < 1.29 is 4.74 Å². The zero-order valence-corrected chi connectivity index (χ0v) is 9.81. The van der Waals surface area contributed by atoms with E-state index < -0.39 is 0 Å². The predicted molar refractivity (Wildman–Crippen MR) is 63.7 cm³/mol. The maximum atomic E-state index is 5.71. The van der Waals surface area contributed by atoms with Crippen LogP contribution in [0.2, 0.25) is 0 Å². The molecule has 15 heavy (non-hydrogen) atoms. The lowest BCUT2D eigenvalue weighted by atomic mass is 10.2. The first kappa shape index (κ1) is 10.5. The minimum atomic E-state index is 0.467. The summed E-state index contributed by atoms with van der Waals surface area (Å²) in [6, 6.07) is 7.84. The zero-order chi connectivity index (χ0) is 10.7. The molecule has 0 amide bonds. The van der Waals surface area contributed by atoms with Crippen molar-refractivity contribution in [3.05, 3.63) is 34.7 Å². The third-order valence-corrected chi connectivity index (χ3v) is 3.29. The van der Waals surface area contributed by atoms with E-state index in [0.717, 1.165) is 22.0 Å². The quantitative estimate of drug-likeness (QED) is 0.765.